The molecule has 4 nitrogen and oxygen atoms in total. The maximum Gasteiger partial charge on any atom is 0.587 e. The highest BCUT2D eigenvalue weighted by Crippen LogP contribution is 2.52. The van der Waals surface area contributed by atoms with Gasteiger partial charge in [0.2, 0.25) is 0 Å². The van der Waals surface area contributed by atoms with E-state index in [2.05, 4.69) is 0 Å². The Morgan fingerprint density at radius 3 is 2.50 bits per heavy atom. The Morgan fingerprint density at radius 2 is 1.75 bits per heavy atom. The van der Waals surface area contributed by atoms with E-state index in [9.17, 15) is 4.57 Å². The van der Waals surface area contributed by atoms with Crippen molar-refractivity contribution in [3.8, 4) is 5.75 Å². The molecule has 0 aromatic heterocycles. The molecule has 0 aliphatic heterocycles. The Labute approximate surface area is 142 Å². The Morgan fingerprint density at radius 1 is 1.00 bits per heavy atom. The topological polar surface area (TPSA) is 44.8 Å². The zero-order valence-electron chi connectivity index (χ0n) is 13.7. The van der Waals surface area contributed by atoms with Gasteiger partial charge in [0.15, 0.2) is 0 Å². The van der Waals surface area contributed by atoms with Crippen LogP contribution in [-0.2, 0) is 20.0 Å². The first-order valence-corrected chi connectivity index (χ1v) is 9.62. The van der Waals surface area contributed by atoms with Crippen LogP contribution in [0.2, 0.25) is 0 Å². The Hall–Kier alpha value is -2.03. The largest absolute Gasteiger partial charge is 0.587 e. The van der Waals surface area contributed by atoms with Gasteiger partial charge in [-0.25, -0.2) is 4.57 Å². The Bertz CT molecular complexity index is 755. The van der Waals surface area contributed by atoms with Gasteiger partial charge in [0.25, 0.3) is 0 Å². The highest BCUT2D eigenvalue weighted by molar-refractivity contribution is 7.49. The van der Waals surface area contributed by atoms with E-state index in [0.29, 0.717) is 24.5 Å². The Kier molecular flexibility index (Phi) is 5.39. The second-order valence-electron chi connectivity index (χ2n) is 5.62. The fourth-order valence-corrected chi connectivity index (χ4v) is 3.73. The molecular weight excluding hydrogens is 323 g/mol. The number of fused-ring (bicyclic) bond motifs is 1. The second-order valence-corrected chi connectivity index (χ2v) is 7.13. The van der Waals surface area contributed by atoms with Gasteiger partial charge in [-0.05, 0) is 35.8 Å². The van der Waals surface area contributed by atoms with Gasteiger partial charge in [0, 0.05) is 6.42 Å². The van der Waals surface area contributed by atoms with Crippen LogP contribution < -0.4 is 4.52 Å². The molecule has 2 aromatic carbocycles. The lowest BCUT2D eigenvalue weighted by atomic mass is 10.1. The summed E-state index contributed by atoms with van der Waals surface area (Å²) in [5, 5.41) is 0. The molecule has 0 bridgehead atoms. The summed E-state index contributed by atoms with van der Waals surface area (Å²) >= 11 is 0. The van der Waals surface area contributed by atoms with Crippen molar-refractivity contribution in [1.82, 2.24) is 0 Å². The molecular formula is C19H21O4P. The molecule has 0 amide bonds. The zero-order chi connectivity index (χ0) is 16.8. The van der Waals surface area contributed by atoms with Crippen molar-refractivity contribution in [2.45, 2.75) is 26.2 Å². The summed E-state index contributed by atoms with van der Waals surface area (Å²) in [5.41, 5.74) is 2.22. The predicted octanol–water partition coefficient (Wildman–Crippen LogP) is 5.60. The molecule has 1 atom stereocenters. The summed E-state index contributed by atoms with van der Waals surface area (Å²) in [6, 6.07) is 17.0. The van der Waals surface area contributed by atoms with Crippen LogP contribution in [0.3, 0.4) is 0 Å². The molecule has 0 saturated carbocycles. The van der Waals surface area contributed by atoms with Gasteiger partial charge in [-0.1, -0.05) is 55.8 Å². The maximum absolute atomic E-state index is 13.1. The van der Waals surface area contributed by atoms with Crippen LogP contribution in [0.25, 0.3) is 6.08 Å². The molecule has 0 radical (unpaired) electrons. The number of rotatable bonds is 8. The molecule has 5 heteroatoms. The van der Waals surface area contributed by atoms with E-state index in [4.69, 9.17) is 13.6 Å². The lowest BCUT2D eigenvalue weighted by Gasteiger charge is -2.19. The zero-order valence-corrected chi connectivity index (χ0v) is 14.6. The van der Waals surface area contributed by atoms with Gasteiger partial charge in [0.1, 0.15) is 11.5 Å². The van der Waals surface area contributed by atoms with E-state index >= 15 is 0 Å². The molecule has 0 N–H and O–H groups in total. The van der Waals surface area contributed by atoms with Gasteiger partial charge in [0.05, 0.1) is 6.61 Å². The number of hydrogen-bond acceptors (Lipinski definition) is 4. The lowest BCUT2D eigenvalue weighted by Crippen LogP contribution is -2.04. The van der Waals surface area contributed by atoms with Crippen LogP contribution in [0, 0.1) is 0 Å². The van der Waals surface area contributed by atoms with Crippen LogP contribution in [0.5, 0.6) is 5.75 Å². The molecule has 0 heterocycles. The average molecular weight is 344 g/mol. The molecule has 1 aliphatic carbocycles. The van der Waals surface area contributed by atoms with Crippen molar-refractivity contribution < 1.29 is 18.1 Å². The fourth-order valence-electron chi connectivity index (χ4n) is 2.45. The van der Waals surface area contributed by atoms with Gasteiger partial charge < -0.3 is 9.05 Å². The van der Waals surface area contributed by atoms with E-state index in [1.807, 2.05) is 55.5 Å². The first-order chi connectivity index (χ1) is 11.7. The third-order valence-electron chi connectivity index (χ3n) is 3.67. The second kappa shape index (κ2) is 7.69. The van der Waals surface area contributed by atoms with Gasteiger partial charge >= 0.3 is 7.82 Å². The molecule has 0 saturated heterocycles. The van der Waals surface area contributed by atoms with Crippen molar-refractivity contribution in [3.63, 3.8) is 0 Å². The average Bonchev–Trinajstić information content (AvgIpc) is 2.97. The van der Waals surface area contributed by atoms with E-state index in [-0.39, 0.29) is 0 Å². The number of hydrogen-bond donors (Lipinski definition) is 0. The summed E-state index contributed by atoms with van der Waals surface area (Å²) < 4.78 is 29.8. The fraction of sp³-hybridized carbons (Fsp3) is 0.263. The number of phosphoric ester groups is 1. The number of phosphoric acid groups is 1. The smallest absolute Gasteiger partial charge is 0.399 e. The first kappa shape index (κ1) is 16.8. The molecule has 0 fully saturated rings. The SMILES string of the molecule is CCCCOP(=O)(OC1=Cc2ccccc2C1)Oc1ccccc1. The summed E-state index contributed by atoms with van der Waals surface area (Å²) in [7, 11) is -3.72. The highest BCUT2D eigenvalue weighted by Gasteiger charge is 2.32. The van der Waals surface area contributed by atoms with Gasteiger partial charge in [-0.2, -0.15) is 0 Å². The summed E-state index contributed by atoms with van der Waals surface area (Å²) in [6.45, 7) is 2.38. The molecule has 1 unspecified atom stereocenters. The van der Waals surface area contributed by atoms with Crippen molar-refractivity contribution in [1.29, 1.82) is 0 Å². The molecule has 24 heavy (non-hydrogen) atoms. The summed E-state index contributed by atoms with van der Waals surface area (Å²) in [6.07, 6.45) is 4.22. The van der Waals surface area contributed by atoms with E-state index in [1.54, 1.807) is 12.1 Å². The predicted molar refractivity (Wildman–Crippen MR) is 94.7 cm³/mol. The van der Waals surface area contributed by atoms with E-state index in [1.165, 1.54) is 0 Å². The third-order valence-corrected chi connectivity index (χ3v) is 5.06. The first-order valence-electron chi connectivity index (χ1n) is 8.16. The van der Waals surface area contributed by atoms with Gasteiger partial charge in [-0.15, -0.1) is 0 Å². The molecule has 126 valence electrons. The van der Waals surface area contributed by atoms with Crippen molar-refractivity contribution in [2.24, 2.45) is 0 Å². The number of unbranched alkanes of at least 4 members (excludes halogenated alkanes) is 1. The van der Waals surface area contributed by atoms with Crippen molar-refractivity contribution in [2.75, 3.05) is 6.61 Å². The minimum Gasteiger partial charge on any atom is -0.399 e. The molecule has 2 aromatic rings. The van der Waals surface area contributed by atoms with Crippen LogP contribution in [0.15, 0.2) is 60.4 Å². The molecule has 0 spiro atoms. The minimum atomic E-state index is -3.72. The van der Waals surface area contributed by atoms with Crippen LogP contribution >= 0.6 is 7.82 Å². The summed E-state index contributed by atoms with van der Waals surface area (Å²) in [5.74, 6) is 1.07. The number of allylic oxidation sites excluding steroid dienone is 1. The standard InChI is InChI=1S/C19H21O4P/c1-2-3-13-21-24(20,22-18-11-5-4-6-12-18)23-19-14-16-9-7-8-10-17(16)15-19/h4-12,14H,2-3,13,15H2,1H3. The van der Waals surface area contributed by atoms with Crippen LogP contribution in [0.4, 0.5) is 0 Å². The summed E-state index contributed by atoms with van der Waals surface area (Å²) in [4.78, 5) is 0. The van der Waals surface area contributed by atoms with Gasteiger partial charge in [-0.3, -0.25) is 4.52 Å². The van der Waals surface area contributed by atoms with Crippen LogP contribution in [-0.4, -0.2) is 6.61 Å². The quantitative estimate of drug-likeness (QED) is 0.461. The van der Waals surface area contributed by atoms with Crippen molar-refractivity contribution in [3.05, 3.63) is 71.5 Å². The maximum atomic E-state index is 13.1. The van der Waals surface area contributed by atoms with Crippen molar-refractivity contribution >= 4 is 13.9 Å². The third kappa shape index (κ3) is 4.28. The normalized spacial score (nSPS) is 15.3. The van der Waals surface area contributed by atoms with E-state index < -0.39 is 7.82 Å². The minimum absolute atomic E-state index is 0.334. The monoisotopic (exact) mass is 344 g/mol. The lowest BCUT2D eigenvalue weighted by molar-refractivity contribution is 0.182. The Balaban J connectivity index is 1.74. The molecule has 1 aliphatic rings. The highest BCUT2D eigenvalue weighted by atomic mass is 31.2. The van der Waals surface area contributed by atoms with Crippen LogP contribution in [0.1, 0.15) is 30.9 Å². The number of benzene rings is 2. The number of para-hydroxylation sites is 1. The molecule has 3 rings (SSSR count). The van der Waals surface area contributed by atoms with E-state index in [0.717, 1.165) is 24.0 Å².